The van der Waals surface area contributed by atoms with Crippen LogP contribution in [0.15, 0.2) is 42.6 Å². The average molecular weight is 469 g/mol. The van der Waals surface area contributed by atoms with Gasteiger partial charge in [-0.2, -0.15) is 0 Å². The van der Waals surface area contributed by atoms with Crippen LogP contribution in [0.1, 0.15) is 49.0 Å². The second-order valence-corrected chi connectivity index (χ2v) is 7.54. The Kier molecular flexibility index (Phi) is 10.8. The molecule has 2 amide bonds. The summed E-state index contributed by atoms with van der Waals surface area (Å²) in [6.45, 7) is 0.526. The molecule has 170 valence electrons. The zero-order valence-electron chi connectivity index (χ0n) is 17.6. The van der Waals surface area contributed by atoms with Crippen molar-refractivity contribution in [3.05, 3.63) is 48.3 Å². The van der Waals surface area contributed by atoms with Gasteiger partial charge in [0.25, 0.3) is 5.91 Å². The number of aromatic nitrogens is 1. The molecule has 1 aromatic heterocycles. The maximum Gasteiger partial charge on any atom is 0.269 e. The molecule has 0 radical (unpaired) electrons. The largest absolute Gasteiger partial charge is 0.455 e. The fourth-order valence-corrected chi connectivity index (χ4v) is 3.80. The number of nitrogens with zero attached hydrogens (tertiary/aromatic N) is 1. The van der Waals surface area contributed by atoms with E-state index in [9.17, 15) is 9.59 Å². The van der Waals surface area contributed by atoms with Gasteiger partial charge in [-0.05, 0) is 43.0 Å². The van der Waals surface area contributed by atoms with E-state index in [0.29, 0.717) is 30.2 Å². The van der Waals surface area contributed by atoms with Gasteiger partial charge in [0.1, 0.15) is 11.4 Å². The molecule has 7 nitrogen and oxygen atoms in total. The number of hydrogen-bond acceptors (Lipinski definition) is 5. The van der Waals surface area contributed by atoms with Crippen molar-refractivity contribution >= 4 is 42.3 Å². The number of nitrogens with one attached hydrogen (secondary N) is 2. The van der Waals surface area contributed by atoms with Crippen molar-refractivity contribution in [2.24, 2.45) is 11.1 Å². The average Bonchev–Trinajstić information content (AvgIpc) is 2.75. The third-order valence-electron chi connectivity index (χ3n) is 5.46. The highest BCUT2D eigenvalue weighted by Crippen LogP contribution is 2.39. The fourth-order valence-electron chi connectivity index (χ4n) is 3.80. The van der Waals surface area contributed by atoms with Crippen LogP contribution < -0.4 is 21.1 Å². The van der Waals surface area contributed by atoms with E-state index in [1.165, 1.54) is 12.6 Å². The van der Waals surface area contributed by atoms with Gasteiger partial charge in [-0.15, -0.1) is 24.8 Å². The number of hydrogen-bond donors (Lipinski definition) is 3. The lowest BCUT2D eigenvalue weighted by molar-refractivity contribution is -0.118. The van der Waals surface area contributed by atoms with E-state index in [-0.39, 0.29) is 47.7 Å². The second-order valence-electron chi connectivity index (χ2n) is 7.54. The molecule has 0 aliphatic heterocycles. The first-order valence-electron chi connectivity index (χ1n) is 10.0. The Bertz CT molecular complexity index is 873. The standard InChI is InChI=1S/C22H28N4O3.2ClH/c1-24-21(28)18-13-16(9-12-25-18)29-19-8-4-3-7-17(19)26-20(27)14-22(15-23)10-5-2-6-11-22;;/h3-4,7-9,12-13H,2,5-6,10-11,14-15,23H2,1H3,(H,24,28)(H,26,27);2*1H. The molecule has 1 aliphatic carbocycles. The summed E-state index contributed by atoms with van der Waals surface area (Å²) in [6.07, 6.45) is 7.37. The van der Waals surface area contributed by atoms with Crippen molar-refractivity contribution in [3.63, 3.8) is 0 Å². The highest BCUT2D eigenvalue weighted by molar-refractivity contribution is 5.93. The third-order valence-corrected chi connectivity index (χ3v) is 5.46. The zero-order chi connectivity index (χ0) is 20.7. The smallest absolute Gasteiger partial charge is 0.269 e. The highest BCUT2D eigenvalue weighted by Gasteiger charge is 2.33. The first-order chi connectivity index (χ1) is 14.0. The van der Waals surface area contributed by atoms with Gasteiger partial charge in [-0.1, -0.05) is 31.4 Å². The Morgan fingerprint density at radius 3 is 2.52 bits per heavy atom. The predicted octanol–water partition coefficient (Wildman–Crippen LogP) is 4.31. The molecule has 0 saturated heterocycles. The van der Waals surface area contributed by atoms with Gasteiger partial charge in [0.15, 0.2) is 5.75 Å². The van der Waals surface area contributed by atoms with Crippen molar-refractivity contribution < 1.29 is 14.3 Å². The van der Waals surface area contributed by atoms with Crippen LogP contribution in [-0.2, 0) is 4.79 Å². The van der Waals surface area contributed by atoms with Crippen LogP contribution in [0.2, 0.25) is 0 Å². The van der Waals surface area contributed by atoms with Crippen molar-refractivity contribution in [1.82, 2.24) is 10.3 Å². The number of pyridine rings is 1. The lowest BCUT2D eigenvalue weighted by Gasteiger charge is -2.35. The summed E-state index contributed by atoms with van der Waals surface area (Å²) in [7, 11) is 1.54. The summed E-state index contributed by atoms with van der Waals surface area (Å²) in [4.78, 5) is 28.6. The molecule has 0 atom stereocenters. The number of para-hydroxylation sites is 2. The summed E-state index contributed by atoms with van der Waals surface area (Å²) < 4.78 is 5.93. The van der Waals surface area contributed by atoms with Crippen LogP contribution in [0.4, 0.5) is 5.69 Å². The van der Waals surface area contributed by atoms with Gasteiger partial charge in [-0.25, -0.2) is 0 Å². The first kappa shape index (κ1) is 26.7. The van der Waals surface area contributed by atoms with Crippen LogP contribution in [0.3, 0.4) is 0 Å². The third kappa shape index (κ3) is 7.09. The molecule has 1 fully saturated rings. The lowest BCUT2D eigenvalue weighted by Crippen LogP contribution is -2.36. The van der Waals surface area contributed by atoms with Gasteiger partial charge in [0.2, 0.25) is 5.91 Å². The zero-order valence-corrected chi connectivity index (χ0v) is 19.2. The molecule has 1 saturated carbocycles. The molecule has 0 bridgehead atoms. The molecular formula is C22H30Cl2N4O3. The van der Waals surface area contributed by atoms with Crippen molar-refractivity contribution in [2.45, 2.75) is 38.5 Å². The number of anilines is 1. The van der Waals surface area contributed by atoms with Gasteiger partial charge in [-0.3, -0.25) is 14.6 Å². The summed E-state index contributed by atoms with van der Waals surface area (Å²) in [5.41, 5.74) is 6.75. The quantitative estimate of drug-likeness (QED) is 0.560. The van der Waals surface area contributed by atoms with Crippen LogP contribution >= 0.6 is 24.8 Å². The molecule has 1 aromatic carbocycles. The number of benzene rings is 1. The number of carbonyl (C=O) groups excluding carboxylic acids is 2. The normalized spacial score (nSPS) is 14.4. The van der Waals surface area contributed by atoms with E-state index < -0.39 is 0 Å². The van der Waals surface area contributed by atoms with E-state index in [0.717, 1.165) is 25.7 Å². The van der Waals surface area contributed by atoms with E-state index in [1.807, 2.05) is 12.1 Å². The minimum Gasteiger partial charge on any atom is -0.455 e. The molecule has 1 heterocycles. The van der Waals surface area contributed by atoms with Gasteiger partial charge >= 0.3 is 0 Å². The van der Waals surface area contributed by atoms with Crippen molar-refractivity contribution in [2.75, 3.05) is 18.9 Å². The number of carbonyl (C=O) groups is 2. The summed E-state index contributed by atoms with van der Waals surface area (Å²) in [6, 6.07) is 10.5. The summed E-state index contributed by atoms with van der Waals surface area (Å²) >= 11 is 0. The molecule has 4 N–H and O–H groups in total. The number of amides is 2. The van der Waals surface area contributed by atoms with E-state index >= 15 is 0 Å². The van der Waals surface area contributed by atoms with Crippen LogP contribution in [-0.4, -0.2) is 30.4 Å². The monoisotopic (exact) mass is 468 g/mol. The molecule has 3 rings (SSSR count). The fraction of sp³-hybridized carbons (Fsp3) is 0.409. The van der Waals surface area contributed by atoms with Gasteiger partial charge in [0, 0.05) is 25.7 Å². The maximum absolute atomic E-state index is 12.7. The molecule has 0 spiro atoms. The van der Waals surface area contributed by atoms with Crippen molar-refractivity contribution in [3.8, 4) is 11.5 Å². The number of nitrogens with two attached hydrogens (primary N) is 1. The number of halogens is 2. The van der Waals surface area contributed by atoms with E-state index in [2.05, 4.69) is 15.6 Å². The van der Waals surface area contributed by atoms with Crippen LogP contribution in [0, 0.1) is 5.41 Å². The number of ether oxygens (including phenoxy) is 1. The number of rotatable bonds is 7. The molecule has 9 heteroatoms. The van der Waals surface area contributed by atoms with Crippen LogP contribution in [0.5, 0.6) is 11.5 Å². The summed E-state index contributed by atoms with van der Waals surface area (Å²) in [5.74, 6) is 0.608. The van der Waals surface area contributed by atoms with Gasteiger partial charge < -0.3 is 21.1 Å². The van der Waals surface area contributed by atoms with E-state index in [4.69, 9.17) is 10.5 Å². The van der Waals surface area contributed by atoms with Crippen LogP contribution in [0.25, 0.3) is 0 Å². The SMILES string of the molecule is CNC(=O)c1cc(Oc2ccccc2NC(=O)CC2(CN)CCCCC2)ccn1.Cl.Cl. The Morgan fingerprint density at radius 1 is 1.13 bits per heavy atom. The Balaban J connectivity index is 0.00000240. The Morgan fingerprint density at radius 2 is 1.84 bits per heavy atom. The minimum atomic E-state index is -0.295. The van der Waals surface area contributed by atoms with E-state index in [1.54, 1.807) is 31.3 Å². The molecule has 31 heavy (non-hydrogen) atoms. The predicted molar refractivity (Wildman–Crippen MR) is 126 cm³/mol. The molecule has 0 unspecified atom stereocenters. The van der Waals surface area contributed by atoms with Gasteiger partial charge in [0.05, 0.1) is 5.69 Å². The molecule has 2 aromatic rings. The van der Waals surface area contributed by atoms with Crippen molar-refractivity contribution in [1.29, 1.82) is 0 Å². The Labute approximate surface area is 195 Å². The Hall–Kier alpha value is -2.35. The molecular weight excluding hydrogens is 439 g/mol. The maximum atomic E-state index is 12.7. The molecule has 1 aliphatic rings. The lowest BCUT2D eigenvalue weighted by atomic mass is 9.71. The topological polar surface area (TPSA) is 106 Å². The highest BCUT2D eigenvalue weighted by atomic mass is 35.5. The second kappa shape index (κ2) is 12.5. The first-order valence-corrected chi connectivity index (χ1v) is 10.0. The minimum absolute atomic E-state index is 0. The summed E-state index contributed by atoms with van der Waals surface area (Å²) in [5, 5.41) is 5.50.